The topological polar surface area (TPSA) is 84.5 Å². The normalized spacial score (nSPS) is 14.8. The van der Waals surface area contributed by atoms with Gasteiger partial charge in [0.2, 0.25) is 0 Å². The van der Waals surface area contributed by atoms with E-state index in [-0.39, 0.29) is 29.6 Å². The van der Waals surface area contributed by atoms with Crippen molar-refractivity contribution in [2.24, 2.45) is 5.18 Å². The second kappa shape index (κ2) is 9.65. The molecule has 2 fully saturated rings. The number of aromatic nitrogens is 3. The summed E-state index contributed by atoms with van der Waals surface area (Å²) in [4.78, 5) is 27.7. The Morgan fingerprint density at radius 3 is 2.38 bits per heavy atom. The van der Waals surface area contributed by atoms with Gasteiger partial charge >= 0.3 is 29.6 Å². The Bertz CT molecular complexity index is 1280. The summed E-state index contributed by atoms with van der Waals surface area (Å²) in [5.41, 5.74) is 5.25. The van der Waals surface area contributed by atoms with Crippen molar-refractivity contribution in [1.29, 1.82) is 0 Å². The summed E-state index contributed by atoms with van der Waals surface area (Å²) in [5, 5.41) is 3.26. The predicted octanol–water partition coefficient (Wildman–Crippen LogP) is 3.04. The van der Waals surface area contributed by atoms with Gasteiger partial charge in [-0.2, -0.15) is 0 Å². The predicted molar refractivity (Wildman–Crippen MR) is 122 cm³/mol. The molecule has 4 aromatic rings. The molecule has 1 aliphatic carbocycles. The third-order valence-corrected chi connectivity index (χ3v) is 5.61. The summed E-state index contributed by atoms with van der Waals surface area (Å²) in [5.74, 6) is 1.54. The van der Waals surface area contributed by atoms with Crippen molar-refractivity contribution in [3.8, 4) is 11.3 Å². The molecule has 158 valence electrons. The van der Waals surface area contributed by atoms with Crippen LogP contribution < -0.4 is 34.5 Å². The minimum Gasteiger partial charge on any atom is -0.441 e. The molecule has 4 heterocycles. The number of fused-ring (bicyclic) bond motifs is 2. The number of pyridine rings is 2. The molecular weight excluding hydrogens is 413 g/mol. The molecule has 1 aromatic carbocycles. The first-order chi connectivity index (χ1) is 15.1. The van der Waals surface area contributed by atoms with Crippen LogP contribution in [0.15, 0.2) is 39.9 Å². The summed E-state index contributed by atoms with van der Waals surface area (Å²) in [6.07, 6.45) is 7.42. The summed E-state index contributed by atoms with van der Waals surface area (Å²) in [7, 11) is 0. The van der Waals surface area contributed by atoms with Crippen LogP contribution in [0.5, 0.6) is 0 Å². The molecule has 32 heavy (non-hydrogen) atoms. The van der Waals surface area contributed by atoms with Gasteiger partial charge in [0.1, 0.15) is 17.0 Å². The summed E-state index contributed by atoms with van der Waals surface area (Å²) in [6, 6.07) is 9.60. The molecule has 0 radical (unpaired) electrons. The van der Waals surface area contributed by atoms with E-state index in [2.05, 4.69) is 21.5 Å². The van der Waals surface area contributed by atoms with Crippen molar-refractivity contribution in [2.45, 2.75) is 39.5 Å². The second-order valence-corrected chi connectivity index (χ2v) is 8.03. The zero-order valence-electron chi connectivity index (χ0n) is 18.8. The number of oxazole rings is 1. The molecule has 0 N–H and O–H groups in total. The van der Waals surface area contributed by atoms with Crippen LogP contribution in [-0.4, -0.2) is 28.0 Å². The number of nitrogens with zero attached hydrogens (tertiary/aromatic N) is 5. The molecule has 8 heteroatoms. The number of rotatable bonds is 3. The maximum absolute atomic E-state index is 11.6. The van der Waals surface area contributed by atoms with Crippen LogP contribution in [0.3, 0.4) is 0 Å². The SMILES string of the molecule is Cc1nc2c(C)c(N=O)c(-c3ccc4nc(N5CCCC5)ccc4n3)cc2o1.[CH-]1CC1.[Na+]. The monoisotopic (exact) mass is 437 g/mol. The van der Waals surface area contributed by atoms with E-state index in [0.717, 1.165) is 29.9 Å². The van der Waals surface area contributed by atoms with E-state index in [9.17, 15) is 4.91 Å². The fourth-order valence-electron chi connectivity index (χ4n) is 3.91. The van der Waals surface area contributed by atoms with E-state index in [0.29, 0.717) is 39.5 Å². The van der Waals surface area contributed by atoms with Gasteiger partial charge in [-0.15, -0.1) is 4.91 Å². The third-order valence-electron chi connectivity index (χ3n) is 5.61. The Morgan fingerprint density at radius 1 is 1.00 bits per heavy atom. The minimum absolute atomic E-state index is 0. The molecular formula is C24H24N5NaO2. The van der Waals surface area contributed by atoms with Gasteiger partial charge in [0.15, 0.2) is 11.5 Å². The molecule has 2 aliphatic rings. The van der Waals surface area contributed by atoms with Crippen LogP contribution >= 0.6 is 0 Å². The largest absolute Gasteiger partial charge is 1.00 e. The number of nitroso groups, excluding NO2 is 1. The van der Waals surface area contributed by atoms with E-state index in [4.69, 9.17) is 14.4 Å². The van der Waals surface area contributed by atoms with Crippen molar-refractivity contribution in [3.63, 3.8) is 0 Å². The zero-order chi connectivity index (χ0) is 21.4. The van der Waals surface area contributed by atoms with Gasteiger partial charge in [-0.1, -0.05) is 0 Å². The first-order valence-electron chi connectivity index (χ1n) is 10.7. The van der Waals surface area contributed by atoms with Crippen molar-refractivity contribution >= 4 is 33.6 Å². The summed E-state index contributed by atoms with van der Waals surface area (Å²) >= 11 is 0. The van der Waals surface area contributed by atoms with Crippen molar-refractivity contribution in [2.75, 3.05) is 18.0 Å². The van der Waals surface area contributed by atoms with Crippen molar-refractivity contribution in [1.82, 2.24) is 15.0 Å². The maximum atomic E-state index is 11.6. The molecule has 7 nitrogen and oxygen atoms in total. The van der Waals surface area contributed by atoms with Gasteiger partial charge in [-0.05, 0) is 55.3 Å². The van der Waals surface area contributed by atoms with Crippen molar-refractivity contribution in [3.05, 3.63) is 53.1 Å². The molecule has 6 rings (SSSR count). The molecule has 1 saturated carbocycles. The molecule has 0 unspecified atom stereocenters. The smallest absolute Gasteiger partial charge is 0.441 e. The van der Waals surface area contributed by atoms with Crippen LogP contribution in [0, 0.1) is 25.2 Å². The minimum atomic E-state index is 0. The standard InChI is InChI=1S/C21H19N5O2.C3H5.Na/c1-12-20(25-27)14(11-18-21(12)22-13(2)28-18)15-5-6-17-16(23-15)7-8-19(24-17)26-9-3-4-10-26;1-2-3-1;/h5-8,11H,3-4,9-10H2,1-2H3;1H,2-3H2;/q;-1;+1. The molecule has 0 atom stereocenters. The maximum Gasteiger partial charge on any atom is 1.00 e. The van der Waals surface area contributed by atoms with Crippen LogP contribution in [0.2, 0.25) is 0 Å². The fourth-order valence-corrected chi connectivity index (χ4v) is 3.91. The molecule has 0 bridgehead atoms. The summed E-state index contributed by atoms with van der Waals surface area (Å²) in [6.45, 7) is 5.71. The van der Waals surface area contributed by atoms with Crippen LogP contribution in [0.25, 0.3) is 33.4 Å². The first kappa shape index (κ1) is 22.8. The quantitative estimate of drug-likeness (QED) is 0.278. The van der Waals surface area contributed by atoms with E-state index in [1.54, 1.807) is 13.0 Å². The number of hydrogen-bond donors (Lipinski definition) is 0. The van der Waals surface area contributed by atoms with Gasteiger partial charge < -0.3 is 15.7 Å². The van der Waals surface area contributed by atoms with E-state index >= 15 is 0 Å². The first-order valence-corrected chi connectivity index (χ1v) is 10.7. The second-order valence-electron chi connectivity index (χ2n) is 8.03. The van der Waals surface area contributed by atoms with Gasteiger partial charge in [-0.3, -0.25) is 0 Å². The van der Waals surface area contributed by atoms with E-state index in [1.807, 2.05) is 31.2 Å². The van der Waals surface area contributed by atoms with E-state index < -0.39 is 0 Å². The molecule has 0 amide bonds. The van der Waals surface area contributed by atoms with Crippen LogP contribution in [0.1, 0.15) is 37.1 Å². The fraction of sp³-hybridized carbons (Fsp3) is 0.333. The molecule has 0 spiro atoms. The van der Waals surface area contributed by atoms with Crippen LogP contribution in [-0.2, 0) is 0 Å². The third kappa shape index (κ3) is 4.56. The number of aryl methyl sites for hydroxylation is 2. The molecule has 1 aliphatic heterocycles. The van der Waals surface area contributed by atoms with E-state index in [1.165, 1.54) is 25.7 Å². The zero-order valence-corrected chi connectivity index (χ0v) is 20.8. The Kier molecular flexibility index (Phi) is 6.88. The molecule has 1 saturated heterocycles. The van der Waals surface area contributed by atoms with Gasteiger partial charge in [0.25, 0.3) is 0 Å². The molecule has 3 aromatic heterocycles. The Hall–Kier alpha value is -2.35. The Morgan fingerprint density at radius 2 is 1.69 bits per heavy atom. The Balaban J connectivity index is 0.000000567. The summed E-state index contributed by atoms with van der Waals surface area (Å²) < 4.78 is 5.67. The van der Waals surface area contributed by atoms with Gasteiger partial charge in [0.05, 0.1) is 16.7 Å². The average Bonchev–Trinajstić information content (AvgIpc) is 3.47. The number of hydrogen-bond acceptors (Lipinski definition) is 7. The van der Waals surface area contributed by atoms with Gasteiger partial charge in [-0.25, -0.2) is 27.8 Å². The number of anilines is 1. The van der Waals surface area contributed by atoms with Crippen LogP contribution in [0.4, 0.5) is 11.5 Å². The Labute approximate surface area is 208 Å². The average molecular weight is 437 g/mol. The number of benzene rings is 1. The van der Waals surface area contributed by atoms with Crippen molar-refractivity contribution < 1.29 is 34.0 Å². The van der Waals surface area contributed by atoms with Gasteiger partial charge in [0, 0.05) is 31.1 Å².